The minimum atomic E-state index is -4.85. The average Bonchev–Trinajstić information content (AvgIpc) is 2.98. The molecule has 3 N–H and O–H groups in total. The van der Waals surface area contributed by atoms with Gasteiger partial charge in [-0.05, 0) is 12.8 Å². The van der Waals surface area contributed by atoms with Gasteiger partial charge < -0.3 is 25.0 Å². The Labute approximate surface area is 144 Å². The molecule has 1 fully saturated rings. The number of halogens is 3. The van der Waals surface area contributed by atoms with E-state index in [0.29, 0.717) is 31.9 Å². The van der Waals surface area contributed by atoms with Gasteiger partial charge in [0.05, 0.1) is 6.10 Å². The molecule has 1 aliphatic heterocycles. The summed E-state index contributed by atoms with van der Waals surface area (Å²) in [7, 11) is 2.95. The minimum Gasteiger partial charge on any atom is -0.393 e. The first-order chi connectivity index (χ1) is 11.7. The van der Waals surface area contributed by atoms with Crippen molar-refractivity contribution < 1.29 is 23.4 Å². The van der Waals surface area contributed by atoms with Gasteiger partial charge in [0.2, 0.25) is 5.60 Å². The van der Waals surface area contributed by atoms with Gasteiger partial charge in [-0.2, -0.15) is 13.2 Å². The number of piperidine rings is 1. The molecule has 0 aromatic carbocycles. The summed E-state index contributed by atoms with van der Waals surface area (Å²) in [4.78, 5) is 9.61. The molecule has 7 nitrogen and oxygen atoms in total. The summed E-state index contributed by atoms with van der Waals surface area (Å²) in [5, 5.41) is 22.7. The van der Waals surface area contributed by atoms with Crippen LogP contribution in [0.3, 0.4) is 0 Å². The van der Waals surface area contributed by atoms with Gasteiger partial charge in [-0.3, -0.25) is 4.99 Å². The molecule has 0 radical (unpaired) electrons. The first-order valence-electron chi connectivity index (χ1n) is 8.09. The number of aliphatic imine (C=N–C) groups is 1. The van der Waals surface area contributed by atoms with Crippen LogP contribution < -0.4 is 5.32 Å². The Kier molecular flexibility index (Phi) is 5.94. The number of hydrogen-bond acceptors (Lipinski definition) is 4. The number of aliphatic hydroxyl groups excluding tert-OH is 1. The third-order valence-electron chi connectivity index (χ3n) is 4.41. The van der Waals surface area contributed by atoms with E-state index >= 15 is 0 Å². The fraction of sp³-hybridized carbons (Fsp3) is 0.733. The van der Waals surface area contributed by atoms with Crippen LogP contribution in [0.15, 0.2) is 17.4 Å². The van der Waals surface area contributed by atoms with E-state index in [1.165, 1.54) is 19.4 Å². The SMILES string of the molecule is CN=C(NCCC(O)(c1nccn1C)C(F)(F)F)N1CCC(O)CC1. The lowest BCUT2D eigenvalue weighted by Crippen LogP contribution is -2.50. The molecule has 25 heavy (non-hydrogen) atoms. The summed E-state index contributed by atoms with van der Waals surface area (Å²) in [6.07, 6.45) is -2.06. The van der Waals surface area contributed by atoms with Crippen molar-refractivity contribution in [1.82, 2.24) is 19.8 Å². The molecule has 10 heteroatoms. The third kappa shape index (κ3) is 4.24. The summed E-state index contributed by atoms with van der Waals surface area (Å²) in [5.74, 6) is 0.00847. The molecule has 0 aliphatic carbocycles. The third-order valence-corrected chi connectivity index (χ3v) is 4.41. The van der Waals surface area contributed by atoms with Gasteiger partial charge in [0.1, 0.15) is 5.82 Å². The monoisotopic (exact) mass is 363 g/mol. The van der Waals surface area contributed by atoms with Crippen LogP contribution in [-0.2, 0) is 12.6 Å². The number of imidazole rings is 1. The molecular weight excluding hydrogens is 339 g/mol. The second-order valence-electron chi connectivity index (χ2n) is 6.16. The predicted octanol–water partition coefficient (Wildman–Crippen LogP) is 0.592. The summed E-state index contributed by atoms with van der Waals surface area (Å²) in [5.41, 5.74) is -3.05. The minimum absolute atomic E-state index is 0.130. The van der Waals surface area contributed by atoms with Crippen molar-refractivity contribution in [3.63, 3.8) is 0 Å². The molecule has 142 valence electrons. The van der Waals surface area contributed by atoms with Crippen LogP contribution in [0, 0.1) is 0 Å². The van der Waals surface area contributed by atoms with E-state index < -0.39 is 24.0 Å². The number of aliphatic hydroxyl groups is 2. The largest absolute Gasteiger partial charge is 0.424 e. The number of aryl methyl sites for hydroxylation is 1. The van der Waals surface area contributed by atoms with Crippen molar-refractivity contribution in [2.24, 2.45) is 12.0 Å². The Balaban J connectivity index is 2.03. The smallest absolute Gasteiger partial charge is 0.393 e. The van der Waals surface area contributed by atoms with Crippen LogP contribution in [0.2, 0.25) is 0 Å². The normalized spacial score (nSPS) is 19.8. The van der Waals surface area contributed by atoms with Gasteiger partial charge in [0.15, 0.2) is 5.96 Å². The molecule has 1 aromatic rings. The molecule has 1 atom stereocenters. The molecule has 1 aromatic heterocycles. The van der Waals surface area contributed by atoms with Crippen LogP contribution >= 0.6 is 0 Å². The Hall–Kier alpha value is -1.81. The summed E-state index contributed by atoms with van der Waals surface area (Å²) in [6.45, 7) is 1.02. The Morgan fingerprint density at radius 3 is 2.52 bits per heavy atom. The zero-order valence-corrected chi connectivity index (χ0v) is 14.3. The number of aromatic nitrogens is 2. The Bertz CT molecular complexity index is 596. The van der Waals surface area contributed by atoms with E-state index in [4.69, 9.17) is 0 Å². The second-order valence-corrected chi connectivity index (χ2v) is 6.16. The molecule has 2 heterocycles. The number of alkyl halides is 3. The van der Waals surface area contributed by atoms with Gasteiger partial charge in [-0.1, -0.05) is 0 Å². The highest BCUT2D eigenvalue weighted by molar-refractivity contribution is 5.79. The molecule has 1 unspecified atom stereocenters. The zero-order chi connectivity index (χ0) is 18.7. The van der Waals surface area contributed by atoms with Gasteiger partial charge in [-0.15, -0.1) is 0 Å². The van der Waals surface area contributed by atoms with Gasteiger partial charge in [0, 0.05) is 52.5 Å². The van der Waals surface area contributed by atoms with Crippen LogP contribution in [0.5, 0.6) is 0 Å². The van der Waals surface area contributed by atoms with Crippen molar-refractivity contribution in [3.8, 4) is 0 Å². The van der Waals surface area contributed by atoms with Crippen molar-refractivity contribution in [2.45, 2.75) is 37.1 Å². The average molecular weight is 363 g/mol. The van der Waals surface area contributed by atoms with E-state index in [-0.39, 0.29) is 12.6 Å². The van der Waals surface area contributed by atoms with E-state index in [9.17, 15) is 23.4 Å². The van der Waals surface area contributed by atoms with Crippen LogP contribution in [0.4, 0.5) is 13.2 Å². The van der Waals surface area contributed by atoms with E-state index in [1.54, 1.807) is 7.05 Å². The van der Waals surface area contributed by atoms with E-state index in [0.717, 1.165) is 4.57 Å². The number of rotatable bonds is 4. The second kappa shape index (κ2) is 7.61. The number of nitrogens with zero attached hydrogens (tertiary/aromatic N) is 4. The van der Waals surface area contributed by atoms with Crippen LogP contribution in [0.1, 0.15) is 25.1 Å². The maximum absolute atomic E-state index is 13.5. The van der Waals surface area contributed by atoms with E-state index in [1.807, 2.05) is 4.90 Å². The molecule has 1 aliphatic rings. The number of hydrogen-bond donors (Lipinski definition) is 3. The van der Waals surface area contributed by atoms with Crippen LogP contribution in [-0.4, -0.2) is 69.6 Å². The fourth-order valence-electron chi connectivity index (χ4n) is 2.91. The quantitative estimate of drug-likeness (QED) is 0.539. The van der Waals surface area contributed by atoms with Crippen molar-refractivity contribution >= 4 is 5.96 Å². The summed E-state index contributed by atoms with van der Waals surface area (Å²) >= 11 is 0. The molecule has 0 saturated carbocycles. The Morgan fingerprint density at radius 1 is 1.40 bits per heavy atom. The lowest BCUT2D eigenvalue weighted by Gasteiger charge is -2.33. The molecular formula is C15H24F3N5O2. The van der Waals surface area contributed by atoms with Gasteiger partial charge in [-0.25, -0.2) is 4.98 Å². The topological polar surface area (TPSA) is 85.9 Å². The van der Waals surface area contributed by atoms with Crippen molar-refractivity contribution in [2.75, 3.05) is 26.7 Å². The van der Waals surface area contributed by atoms with Crippen molar-refractivity contribution in [3.05, 3.63) is 18.2 Å². The first kappa shape index (κ1) is 19.5. The van der Waals surface area contributed by atoms with Gasteiger partial charge in [0.25, 0.3) is 0 Å². The highest BCUT2D eigenvalue weighted by Gasteiger charge is 2.57. The summed E-state index contributed by atoms with van der Waals surface area (Å²) in [6, 6.07) is 0. The maximum atomic E-state index is 13.5. The lowest BCUT2D eigenvalue weighted by atomic mass is 9.97. The highest BCUT2D eigenvalue weighted by Crippen LogP contribution is 2.40. The zero-order valence-electron chi connectivity index (χ0n) is 14.3. The van der Waals surface area contributed by atoms with Crippen molar-refractivity contribution in [1.29, 1.82) is 0 Å². The van der Waals surface area contributed by atoms with Gasteiger partial charge >= 0.3 is 6.18 Å². The number of likely N-dealkylation sites (tertiary alicyclic amines) is 1. The molecule has 0 amide bonds. The summed E-state index contributed by atoms with van der Waals surface area (Å²) < 4.78 is 41.5. The first-order valence-corrected chi connectivity index (χ1v) is 8.09. The Morgan fingerprint density at radius 2 is 2.04 bits per heavy atom. The molecule has 2 rings (SSSR count). The highest BCUT2D eigenvalue weighted by atomic mass is 19.4. The van der Waals surface area contributed by atoms with Crippen LogP contribution in [0.25, 0.3) is 0 Å². The predicted molar refractivity (Wildman–Crippen MR) is 86.0 cm³/mol. The standard InChI is InChI=1S/C15H24F3N5O2/c1-19-13(23-8-3-11(24)4-9-23)21-6-5-14(25,15(16,17)18)12-20-7-10-22(12)2/h7,10-11,24-25H,3-6,8-9H2,1-2H3,(H,19,21). The lowest BCUT2D eigenvalue weighted by molar-refractivity contribution is -0.272. The number of guanidine groups is 1. The molecule has 0 bridgehead atoms. The number of nitrogens with one attached hydrogen (secondary N) is 1. The van der Waals surface area contributed by atoms with E-state index in [2.05, 4.69) is 15.3 Å². The maximum Gasteiger partial charge on any atom is 0.424 e. The molecule has 1 saturated heterocycles. The fourth-order valence-corrected chi connectivity index (χ4v) is 2.91. The molecule has 0 spiro atoms.